The number of esters is 1. The Kier molecular flexibility index (Phi) is 6.99. The van der Waals surface area contributed by atoms with E-state index in [2.05, 4.69) is 10.6 Å². The highest BCUT2D eigenvalue weighted by Gasteiger charge is 2.28. The monoisotopic (exact) mass is 366 g/mol. The molecule has 1 aliphatic rings. The van der Waals surface area contributed by atoms with E-state index in [4.69, 9.17) is 4.74 Å². The fourth-order valence-electron chi connectivity index (χ4n) is 3.00. The third-order valence-electron chi connectivity index (χ3n) is 4.25. The van der Waals surface area contributed by atoms with Gasteiger partial charge in [-0.2, -0.15) is 0 Å². The molecule has 1 heterocycles. The maximum absolute atomic E-state index is 12.6. The number of amides is 2. The van der Waals surface area contributed by atoms with E-state index >= 15 is 0 Å². The lowest BCUT2D eigenvalue weighted by molar-refractivity contribution is -0.116. The molecule has 2 N–H and O–H groups in total. The van der Waals surface area contributed by atoms with Crippen molar-refractivity contribution in [1.82, 2.24) is 5.32 Å². The Morgan fingerprint density at radius 2 is 1.88 bits per heavy atom. The van der Waals surface area contributed by atoms with Gasteiger partial charge in [0.05, 0.1) is 17.0 Å². The molecule has 0 radical (unpaired) electrons. The molecule has 0 saturated heterocycles. The number of anilines is 1. The molecule has 0 unspecified atom stereocenters. The van der Waals surface area contributed by atoms with Gasteiger partial charge in [0.15, 0.2) is 0 Å². The Morgan fingerprint density at radius 1 is 1.20 bits per heavy atom. The van der Waals surface area contributed by atoms with Crippen molar-refractivity contribution in [1.29, 1.82) is 0 Å². The summed E-state index contributed by atoms with van der Waals surface area (Å²) >= 11 is 1.14. The molecular formula is C18H26N2O4S. The molecule has 0 atom stereocenters. The van der Waals surface area contributed by atoms with Crippen LogP contribution >= 0.6 is 11.3 Å². The minimum Gasteiger partial charge on any atom is -0.462 e. The molecule has 0 aromatic carbocycles. The molecule has 0 spiro atoms. The number of carbonyl (C=O) groups excluding carboxylic acids is 3. The Labute approximate surface area is 152 Å². The van der Waals surface area contributed by atoms with Gasteiger partial charge in [0, 0.05) is 12.5 Å². The van der Waals surface area contributed by atoms with E-state index in [-0.39, 0.29) is 30.0 Å². The molecule has 6 nitrogen and oxygen atoms in total. The fraction of sp³-hybridized carbons (Fsp3) is 0.611. The number of rotatable bonds is 7. The number of ether oxygens (including phenoxy) is 1. The minimum absolute atomic E-state index is 0.169. The molecule has 7 heteroatoms. The van der Waals surface area contributed by atoms with Gasteiger partial charge >= 0.3 is 5.97 Å². The zero-order chi connectivity index (χ0) is 18.4. The van der Waals surface area contributed by atoms with Crippen molar-refractivity contribution in [3.05, 3.63) is 16.0 Å². The second kappa shape index (κ2) is 8.99. The van der Waals surface area contributed by atoms with Crippen LogP contribution in [0.25, 0.3) is 0 Å². The molecule has 1 aromatic rings. The van der Waals surface area contributed by atoms with E-state index in [0.29, 0.717) is 28.3 Å². The van der Waals surface area contributed by atoms with E-state index < -0.39 is 5.97 Å². The Balaban J connectivity index is 2.28. The van der Waals surface area contributed by atoms with E-state index in [1.54, 1.807) is 13.8 Å². The Hall–Kier alpha value is -1.89. The summed E-state index contributed by atoms with van der Waals surface area (Å²) in [4.78, 5) is 37.3. The molecule has 1 aromatic heterocycles. The normalized spacial score (nSPS) is 14.4. The molecular weight excluding hydrogens is 340 g/mol. The molecule has 25 heavy (non-hydrogen) atoms. The van der Waals surface area contributed by atoms with Crippen molar-refractivity contribution >= 4 is 34.1 Å². The van der Waals surface area contributed by atoms with E-state index in [1.807, 2.05) is 6.92 Å². The summed E-state index contributed by atoms with van der Waals surface area (Å²) < 4.78 is 5.10. The van der Waals surface area contributed by atoms with Crippen LogP contribution in [-0.2, 0) is 9.53 Å². The van der Waals surface area contributed by atoms with Gasteiger partial charge in [0.25, 0.3) is 5.91 Å². The fourth-order valence-corrected chi connectivity index (χ4v) is 4.12. The first-order valence-electron chi connectivity index (χ1n) is 8.89. The van der Waals surface area contributed by atoms with Gasteiger partial charge in [-0.3, -0.25) is 9.59 Å². The lowest BCUT2D eigenvalue weighted by atomic mass is 10.1. The number of carbonyl (C=O) groups is 3. The average molecular weight is 366 g/mol. The van der Waals surface area contributed by atoms with Crippen LogP contribution in [0.2, 0.25) is 0 Å². The lowest BCUT2D eigenvalue weighted by Gasteiger charge is -2.11. The van der Waals surface area contributed by atoms with Crippen molar-refractivity contribution in [2.24, 2.45) is 0 Å². The summed E-state index contributed by atoms with van der Waals surface area (Å²) in [6, 6.07) is 0.193. The van der Waals surface area contributed by atoms with Crippen molar-refractivity contribution in [2.45, 2.75) is 65.3 Å². The molecule has 0 bridgehead atoms. The number of hydrogen-bond donors (Lipinski definition) is 2. The third-order valence-corrected chi connectivity index (χ3v) is 5.46. The van der Waals surface area contributed by atoms with E-state index in [0.717, 1.165) is 37.0 Å². The number of nitrogens with one attached hydrogen (secondary N) is 2. The Morgan fingerprint density at radius 3 is 2.48 bits per heavy atom. The summed E-state index contributed by atoms with van der Waals surface area (Å²) in [5.41, 5.74) is 0.846. The Bertz CT molecular complexity index is 648. The van der Waals surface area contributed by atoms with Crippen molar-refractivity contribution in [2.75, 3.05) is 11.9 Å². The second-order valence-electron chi connectivity index (χ2n) is 6.23. The van der Waals surface area contributed by atoms with Gasteiger partial charge in [-0.05, 0) is 38.7 Å². The number of hydrogen-bond acceptors (Lipinski definition) is 5. The molecule has 1 aliphatic carbocycles. The van der Waals surface area contributed by atoms with Gasteiger partial charge < -0.3 is 15.4 Å². The number of thiophene rings is 1. The van der Waals surface area contributed by atoms with Gasteiger partial charge in [-0.25, -0.2) is 4.79 Å². The first kappa shape index (κ1) is 19.4. The summed E-state index contributed by atoms with van der Waals surface area (Å²) in [5, 5.41) is 6.19. The van der Waals surface area contributed by atoms with Crippen molar-refractivity contribution < 1.29 is 19.1 Å². The van der Waals surface area contributed by atoms with Gasteiger partial charge in [-0.1, -0.05) is 19.8 Å². The highest BCUT2D eigenvalue weighted by atomic mass is 32.1. The smallest absolute Gasteiger partial charge is 0.341 e. The zero-order valence-electron chi connectivity index (χ0n) is 15.1. The summed E-state index contributed by atoms with van der Waals surface area (Å²) in [6.45, 7) is 5.59. The van der Waals surface area contributed by atoms with Crippen LogP contribution in [0.4, 0.5) is 5.00 Å². The highest BCUT2D eigenvalue weighted by Crippen LogP contribution is 2.34. The van der Waals surface area contributed by atoms with Crippen LogP contribution in [-0.4, -0.2) is 30.4 Å². The molecule has 138 valence electrons. The van der Waals surface area contributed by atoms with Crippen molar-refractivity contribution in [3.63, 3.8) is 0 Å². The minimum atomic E-state index is -0.511. The molecule has 1 saturated carbocycles. The van der Waals surface area contributed by atoms with Gasteiger partial charge in [0.1, 0.15) is 5.00 Å². The second-order valence-corrected chi connectivity index (χ2v) is 7.25. The van der Waals surface area contributed by atoms with Crippen LogP contribution in [0.15, 0.2) is 0 Å². The third kappa shape index (κ3) is 4.81. The SMILES string of the molecule is CCCC(=O)Nc1sc(C(=O)NC2CCCC2)c(C)c1C(=O)OCC. The summed E-state index contributed by atoms with van der Waals surface area (Å²) in [6.07, 6.45) is 5.30. The van der Waals surface area contributed by atoms with Crippen LogP contribution in [0, 0.1) is 6.92 Å². The highest BCUT2D eigenvalue weighted by molar-refractivity contribution is 7.18. The van der Waals surface area contributed by atoms with Crippen LogP contribution < -0.4 is 10.6 Å². The zero-order valence-corrected chi connectivity index (χ0v) is 15.9. The first-order chi connectivity index (χ1) is 12.0. The van der Waals surface area contributed by atoms with Gasteiger partial charge in [-0.15, -0.1) is 11.3 Å². The standard InChI is InChI=1S/C18H26N2O4S/c1-4-8-13(21)20-17-14(18(23)24-5-2)11(3)15(25-17)16(22)19-12-9-6-7-10-12/h12H,4-10H2,1-3H3,(H,19,22)(H,20,21). The molecule has 2 amide bonds. The lowest BCUT2D eigenvalue weighted by Crippen LogP contribution is -2.32. The predicted molar refractivity (Wildman–Crippen MR) is 98.3 cm³/mol. The average Bonchev–Trinajstić information content (AvgIpc) is 3.15. The summed E-state index contributed by atoms with van der Waals surface area (Å²) in [7, 11) is 0. The summed E-state index contributed by atoms with van der Waals surface area (Å²) in [5.74, 6) is -0.865. The predicted octanol–water partition coefficient (Wildman–Crippen LogP) is 3.64. The van der Waals surface area contributed by atoms with E-state index in [9.17, 15) is 14.4 Å². The van der Waals surface area contributed by atoms with Gasteiger partial charge in [0.2, 0.25) is 5.91 Å². The van der Waals surface area contributed by atoms with Crippen LogP contribution in [0.1, 0.15) is 78.0 Å². The maximum atomic E-state index is 12.6. The maximum Gasteiger partial charge on any atom is 0.341 e. The van der Waals surface area contributed by atoms with Crippen molar-refractivity contribution in [3.8, 4) is 0 Å². The topological polar surface area (TPSA) is 84.5 Å². The van der Waals surface area contributed by atoms with Crippen LogP contribution in [0.3, 0.4) is 0 Å². The van der Waals surface area contributed by atoms with Crippen LogP contribution in [0.5, 0.6) is 0 Å². The largest absolute Gasteiger partial charge is 0.462 e. The first-order valence-corrected chi connectivity index (χ1v) is 9.70. The van der Waals surface area contributed by atoms with E-state index in [1.165, 1.54) is 0 Å². The molecule has 1 fully saturated rings. The quantitative estimate of drug-likeness (QED) is 0.722. The molecule has 2 rings (SSSR count). The molecule has 0 aliphatic heterocycles.